The maximum absolute atomic E-state index is 12.1. The van der Waals surface area contributed by atoms with Gasteiger partial charge in [-0.15, -0.1) is 11.3 Å². The van der Waals surface area contributed by atoms with Gasteiger partial charge < -0.3 is 5.32 Å². The Balaban J connectivity index is 1.38. The number of rotatable bonds is 8. The second-order valence-corrected chi connectivity index (χ2v) is 7.30. The largest absolute Gasteiger partial charge is 0.355 e. The Morgan fingerprint density at radius 2 is 1.88 bits per heavy atom. The maximum Gasteiger partial charge on any atom is 0.234 e. The van der Waals surface area contributed by atoms with E-state index in [9.17, 15) is 4.79 Å². The third kappa shape index (κ3) is 5.37. The van der Waals surface area contributed by atoms with Crippen molar-refractivity contribution in [3.8, 4) is 0 Å². The Bertz CT molecular complexity index is 783. The van der Waals surface area contributed by atoms with E-state index < -0.39 is 0 Å². The van der Waals surface area contributed by atoms with E-state index in [2.05, 4.69) is 28.5 Å². The molecule has 0 atom stereocenters. The van der Waals surface area contributed by atoms with Crippen LogP contribution in [0.1, 0.15) is 17.0 Å². The minimum atomic E-state index is 0.0664. The van der Waals surface area contributed by atoms with Crippen molar-refractivity contribution >= 4 is 27.5 Å². The van der Waals surface area contributed by atoms with Crippen LogP contribution in [0.15, 0.2) is 54.6 Å². The fourth-order valence-electron chi connectivity index (χ4n) is 2.74. The molecule has 5 heteroatoms. The summed E-state index contributed by atoms with van der Waals surface area (Å²) in [4.78, 5) is 18.7. The van der Waals surface area contributed by atoms with Crippen molar-refractivity contribution < 1.29 is 4.79 Å². The van der Waals surface area contributed by atoms with Crippen LogP contribution < -0.4 is 5.32 Å². The molecule has 0 aliphatic heterocycles. The zero-order valence-electron chi connectivity index (χ0n) is 14.4. The number of nitrogens with zero attached hydrogens (tertiary/aromatic N) is 2. The lowest BCUT2D eigenvalue weighted by Crippen LogP contribution is -2.35. The Morgan fingerprint density at radius 3 is 2.68 bits per heavy atom. The van der Waals surface area contributed by atoms with Gasteiger partial charge in [0.2, 0.25) is 5.91 Å². The molecule has 1 heterocycles. The van der Waals surface area contributed by atoms with E-state index >= 15 is 0 Å². The quantitative estimate of drug-likeness (QED) is 0.631. The van der Waals surface area contributed by atoms with Gasteiger partial charge in [0.05, 0.1) is 23.3 Å². The van der Waals surface area contributed by atoms with Gasteiger partial charge in [0.1, 0.15) is 5.01 Å². The Hall–Kier alpha value is -2.24. The lowest BCUT2D eigenvalue weighted by atomic mass is 10.1. The number of amides is 1. The summed E-state index contributed by atoms with van der Waals surface area (Å²) in [5.41, 5.74) is 2.34. The van der Waals surface area contributed by atoms with Crippen molar-refractivity contribution in [3.05, 3.63) is 65.2 Å². The van der Waals surface area contributed by atoms with E-state index in [0.717, 1.165) is 23.4 Å². The van der Waals surface area contributed by atoms with Gasteiger partial charge in [0, 0.05) is 6.54 Å². The molecule has 2 aromatic carbocycles. The minimum Gasteiger partial charge on any atom is -0.355 e. The predicted molar refractivity (Wildman–Crippen MR) is 104 cm³/mol. The normalized spacial score (nSPS) is 11.1. The molecule has 1 N–H and O–H groups in total. The summed E-state index contributed by atoms with van der Waals surface area (Å²) in [6.07, 6.45) is 1.94. The average molecular weight is 353 g/mol. The lowest BCUT2D eigenvalue weighted by Gasteiger charge is -2.14. The standard InChI is InChI=1S/C20H23N3OS/c1-23(15-20-22-17-11-5-6-12-18(17)25-20)14-19(24)21-13-7-10-16-8-3-2-4-9-16/h2-6,8-9,11-12H,7,10,13-15H2,1H3,(H,21,24). The van der Waals surface area contributed by atoms with Crippen LogP contribution in [0.4, 0.5) is 0 Å². The summed E-state index contributed by atoms with van der Waals surface area (Å²) >= 11 is 1.69. The second kappa shape index (κ2) is 8.74. The number of hydrogen-bond acceptors (Lipinski definition) is 4. The molecule has 0 radical (unpaired) electrons. The van der Waals surface area contributed by atoms with E-state index in [0.29, 0.717) is 19.6 Å². The van der Waals surface area contributed by atoms with Gasteiger partial charge in [-0.1, -0.05) is 42.5 Å². The summed E-state index contributed by atoms with van der Waals surface area (Å²) in [6.45, 7) is 1.79. The van der Waals surface area contributed by atoms with Gasteiger partial charge in [-0.05, 0) is 37.6 Å². The first-order valence-corrected chi connectivity index (χ1v) is 9.36. The van der Waals surface area contributed by atoms with E-state index in [4.69, 9.17) is 0 Å². The number of para-hydroxylation sites is 1. The van der Waals surface area contributed by atoms with Crippen LogP contribution in [0.2, 0.25) is 0 Å². The molecule has 0 bridgehead atoms. The summed E-state index contributed by atoms with van der Waals surface area (Å²) in [5, 5.41) is 4.04. The number of nitrogens with one attached hydrogen (secondary N) is 1. The number of carbonyl (C=O) groups excluding carboxylic acids is 1. The molecule has 25 heavy (non-hydrogen) atoms. The molecular formula is C20H23N3OS. The van der Waals surface area contributed by atoms with E-state index in [1.165, 1.54) is 10.3 Å². The highest BCUT2D eigenvalue weighted by atomic mass is 32.1. The fraction of sp³-hybridized carbons (Fsp3) is 0.300. The van der Waals surface area contributed by atoms with Crippen molar-refractivity contribution in [3.63, 3.8) is 0 Å². The third-order valence-electron chi connectivity index (χ3n) is 3.96. The Morgan fingerprint density at radius 1 is 1.12 bits per heavy atom. The molecule has 0 spiro atoms. The zero-order valence-corrected chi connectivity index (χ0v) is 15.3. The lowest BCUT2D eigenvalue weighted by molar-refractivity contribution is -0.122. The number of thiazole rings is 1. The highest BCUT2D eigenvalue weighted by molar-refractivity contribution is 7.18. The number of likely N-dealkylation sites (N-methyl/N-ethyl adjacent to an activating group) is 1. The summed E-state index contributed by atoms with van der Waals surface area (Å²) in [7, 11) is 1.95. The first kappa shape index (κ1) is 17.6. The molecule has 0 fully saturated rings. The van der Waals surface area contributed by atoms with Crippen LogP contribution in [0, 0.1) is 0 Å². The molecular weight excluding hydrogens is 330 g/mol. The molecule has 130 valence electrons. The van der Waals surface area contributed by atoms with Crippen LogP contribution >= 0.6 is 11.3 Å². The van der Waals surface area contributed by atoms with Crippen LogP contribution in [-0.2, 0) is 17.8 Å². The second-order valence-electron chi connectivity index (χ2n) is 6.19. The summed E-state index contributed by atoms with van der Waals surface area (Å²) < 4.78 is 1.19. The molecule has 3 aromatic rings. The van der Waals surface area contributed by atoms with Crippen LogP contribution in [0.25, 0.3) is 10.2 Å². The molecule has 0 aliphatic carbocycles. The highest BCUT2D eigenvalue weighted by Gasteiger charge is 2.10. The molecule has 0 unspecified atom stereocenters. The number of aromatic nitrogens is 1. The monoisotopic (exact) mass is 353 g/mol. The maximum atomic E-state index is 12.1. The Labute approximate surface area is 152 Å². The predicted octanol–water partition coefficient (Wildman–Crippen LogP) is 3.48. The van der Waals surface area contributed by atoms with Crippen LogP contribution in [0.5, 0.6) is 0 Å². The SMILES string of the molecule is CN(CC(=O)NCCCc1ccccc1)Cc1nc2ccccc2s1. The smallest absolute Gasteiger partial charge is 0.234 e. The molecule has 0 saturated carbocycles. The van der Waals surface area contributed by atoms with Crippen molar-refractivity contribution in [2.75, 3.05) is 20.1 Å². The van der Waals surface area contributed by atoms with Crippen LogP contribution in [-0.4, -0.2) is 35.9 Å². The van der Waals surface area contributed by atoms with Crippen LogP contribution in [0.3, 0.4) is 0 Å². The van der Waals surface area contributed by atoms with Gasteiger partial charge in [0.15, 0.2) is 0 Å². The van der Waals surface area contributed by atoms with Gasteiger partial charge in [-0.2, -0.15) is 0 Å². The highest BCUT2D eigenvalue weighted by Crippen LogP contribution is 2.22. The number of aryl methyl sites for hydroxylation is 1. The van der Waals surface area contributed by atoms with Gasteiger partial charge in [-0.25, -0.2) is 4.98 Å². The summed E-state index contributed by atoms with van der Waals surface area (Å²) in [6, 6.07) is 18.5. The van der Waals surface area contributed by atoms with Crippen molar-refractivity contribution in [1.29, 1.82) is 0 Å². The van der Waals surface area contributed by atoms with Crippen molar-refractivity contribution in [1.82, 2.24) is 15.2 Å². The third-order valence-corrected chi connectivity index (χ3v) is 4.99. The number of benzene rings is 2. The van der Waals surface area contributed by atoms with Crippen molar-refractivity contribution in [2.45, 2.75) is 19.4 Å². The number of fused-ring (bicyclic) bond motifs is 1. The van der Waals surface area contributed by atoms with E-state index in [1.54, 1.807) is 11.3 Å². The van der Waals surface area contributed by atoms with Gasteiger partial charge in [-0.3, -0.25) is 9.69 Å². The molecule has 1 aromatic heterocycles. The van der Waals surface area contributed by atoms with Gasteiger partial charge in [0.25, 0.3) is 0 Å². The van der Waals surface area contributed by atoms with Gasteiger partial charge >= 0.3 is 0 Å². The van der Waals surface area contributed by atoms with Crippen molar-refractivity contribution in [2.24, 2.45) is 0 Å². The average Bonchev–Trinajstić information content (AvgIpc) is 3.01. The summed E-state index contributed by atoms with van der Waals surface area (Å²) in [5.74, 6) is 0.0664. The fourth-order valence-corrected chi connectivity index (χ4v) is 3.79. The van der Waals surface area contributed by atoms with E-state index in [-0.39, 0.29) is 5.91 Å². The molecule has 0 aliphatic rings. The molecule has 1 amide bonds. The minimum absolute atomic E-state index is 0.0664. The topological polar surface area (TPSA) is 45.2 Å². The molecule has 4 nitrogen and oxygen atoms in total. The number of hydrogen-bond donors (Lipinski definition) is 1. The number of carbonyl (C=O) groups is 1. The Kier molecular flexibility index (Phi) is 6.14. The molecule has 3 rings (SSSR count). The first-order chi connectivity index (χ1) is 12.2. The zero-order chi connectivity index (χ0) is 17.5. The molecule has 0 saturated heterocycles. The van der Waals surface area contributed by atoms with E-state index in [1.807, 2.05) is 48.3 Å². The first-order valence-electron chi connectivity index (χ1n) is 8.54.